The maximum Gasteiger partial charge on any atom is 0.327 e. The number of ether oxygens (including phenoxy) is 1. The number of nitrogens with one attached hydrogen (secondary N) is 1. The fourth-order valence-corrected chi connectivity index (χ4v) is 0.789. The highest BCUT2D eigenvalue weighted by atomic mass is 16.5. The van der Waals surface area contributed by atoms with Crippen molar-refractivity contribution in [1.29, 1.82) is 0 Å². The summed E-state index contributed by atoms with van der Waals surface area (Å²) in [6, 6.07) is 0. The van der Waals surface area contributed by atoms with Gasteiger partial charge >= 0.3 is 5.97 Å². The third kappa shape index (κ3) is 2.58. The lowest BCUT2D eigenvalue weighted by Crippen LogP contribution is -2.11. The van der Waals surface area contributed by atoms with Gasteiger partial charge in [0.05, 0.1) is 19.0 Å². The summed E-state index contributed by atoms with van der Waals surface area (Å²) in [5, 5.41) is 6.22. The van der Waals surface area contributed by atoms with E-state index in [0.717, 1.165) is 0 Å². The lowest BCUT2D eigenvalue weighted by molar-refractivity contribution is -0.141. The zero-order chi connectivity index (χ0) is 9.68. The number of nitrogens with zero attached hydrogens (tertiary/aromatic N) is 2. The molecule has 1 heterocycles. The number of aromatic nitrogens is 2. The third-order valence-electron chi connectivity index (χ3n) is 1.38. The number of anilines is 1. The molecule has 0 aliphatic heterocycles. The van der Waals surface area contributed by atoms with E-state index in [-0.39, 0.29) is 12.5 Å². The second kappa shape index (κ2) is 4.24. The van der Waals surface area contributed by atoms with E-state index >= 15 is 0 Å². The summed E-state index contributed by atoms with van der Waals surface area (Å²) in [7, 11) is 1.30. The molecule has 0 fully saturated rings. The van der Waals surface area contributed by atoms with E-state index < -0.39 is 0 Å². The van der Waals surface area contributed by atoms with E-state index in [1.807, 2.05) is 0 Å². The molecule has 13 heavy (non-hydrogen) atoms. The van der Waals surface area contributed by atoms with Gasteiger partial charge in [0.1, 0.15) is 6.54 Å². The third-order valence-corrected chi connectivity index (χ3v) is 1.38. The minimum atomic E-state index is -0.388. The van der Waals surface area contributed by atoms with E-state index in [9.17, 15) is 9.59 Å². The standard InChI is InChI=1S/C7H9N3O3/c1-13-7(12)4-10-3-6(2-9-10)8-5-11/h2-3,5H,4H2,1H3,(H,8,11). The summed E-state index contributed by atoms with van der Waals surface area (Å²) >= 11 is 0. The minimum Gasteiger partial charge on any atom is -0.468 e. The van der Waals surface area contributed by atoms with Gasteiger partial charge in [0, 0.05) is 6.20 Å². The Labute approximate surface area is 74.5 Å². The predicted octanol–water partition coefficient (Wildman–Crippen LogP) is -0.376. The van der Waals surface area contributed by atoms with Gasteiger partial charge in [0.25, 0.3) is 0 Å². The molecular weight excluding hydrogens is 174 g/mol. The average Bonchev–Trinajstić information content (AvgIpc) is 2.53. The maximum absolute atomic E-state index is 10.8. The molecule has 0 saturated heterocycles. The van der Waals surface area contributed by atoms with Gasteiger partial charge in [-0.2, -0.15) is 5.10 Å². The zero-order valence-electron chi connectivity index (χ0n) is 7.06. The van der Waals surface area contributed by atoms with Crippen LogP contribution in [0.3, 0.4) is 0 Å². The first-order valence-electron chi connectivity index (χ1n) is 3.55. The fraction of sp³-hybridized carbons (Fsp3) is 0.286. The van der Waals surface area contributed by atoms with Gasteiger partial charge in [-0.25, -0.2) is 0 Å². The highest BCUT2D eigenvalue weighted by molar-refractivity contribution is 5.71. The summed E-state index contributed by atoms with van der Waals surface area (Å²) < 4.78 is 5.81. The van der Waals surface area contributed by atoms with E-state index in [2.05, 4.69) is 15.2 Å². The Kier molecular flexibility index (Phi) is 3.02. The van der Waals surface area contributed by atoms with Gasteiger partial charge in [-0.15, -0.1) is 0 Å². The van der Waals surface area contributed by atoms with Crippen molar-refractivity contribution in [3.63, 3.8) is 0 Å². The maximum atomic E-state index is 10.8. The number of esters is 1. The normalized spacial score (nSPS) is 9.31. The van der Waals surface area contributed by atoms with Crippen molar-refractivity contribution < 1.29 is 14.3 Å². The van der Waals surface area contributed by atoms with E-state index in [4.69, 9.17) is 0 Å². The number of hydrogen-bond donors (Lipinski definition) is 1. The Morgan fingerprint density at radius 2 is 2.62 bits per heavy atom. The summed E-state index contributed by atoms with van der Waals surface area (Å²) in [4.78, 5) is 20.8. The first-order valence-corrected chi connectivity index (χ1v) is 3.55. The molecule has 6 nitrogen and oxygen atoms in total. The number of amides is 1. The Morgan fingerprint density at radius 1 is 1.85 bits per heavy atom. The van der Waals surface area contributed by atoms with Crippen LogP contribution in [-0.4, -0.2) is 29.3 Å². The number of hydrogen-bond acceptors (Lipinski definition) is 4. The molecule has 0 spiro atoms. The molecule has 70 valence electrons. The molecule has 1 amide bonds. The molecule has 1 aromatic rings. The smallest absolute Gasteiger partial charge is 0.327 e. The van der Waals surface area contributed by atoms with Crippen LogP contribution in [0.2, 0.25) is 0 Å². The Hall–Kier alpha value is -1.85. The second-order valence-corrected chi connectivity index (χ2v) is 2.26. The van der Waals surface area contributed by atoms with Gasteiger partial charge in [-0.05, 0) is 0 Å². The Bertz CT molecular complexity index is 308. The van der Waals surface area contributed by atoms with Crippen molar-refractivity contribution in [3.05, 3.63) is 12.4 Å². The quantitative estimate of drug-likeness (QED) is 0.510. The van der Waals surface area contributed by atoms with Crippen molar-refractivity contribution in [2.75, 3.05) is 12.4 Å². The van der Waals surface area contributed by atoms with Crippen LogP contribution in [0, 0.1) is 0 Å². The van der Waals surface area contributed by atoms with E-state index in [1.54, 1.807) is 0 Å². The number of rotatable bonds is 4. The van der Waals surface area contributed by atoms with Crippen LogP contribution in [0.1, 0.15) is 0 Å². The van der Waals surface area contributed by atoms with E-state index in [1.165, 1.54) is 24.2 Å². The molecule has 0 atom stereocenters. The number of methoxy groups -OCH3 is 1. The topological polar surface area (TPSA) is 73.2 Å². The molecule has 1 N–H and O–H groups in total. The molecule has 0 saturated carbocycles. The van der Waals surface area contributed by atoms with Gasteiger partial charge in [-0.3, -0.25) is 14.3 Å². The van der Waals surface area contributed by atoms with Crippen LogP contribution in [0.4, 0.5) is 5.69 Å². The van der Waals surface area contributed by atoms with Crippen LogP contribution in [0.15, 0.2) is 12.4 Å². The molecule has 0 radical (unpaired) electrons. The summed E-state index contributed by atoms with van der Waals surface area (Å²) in [6.07, 6.45) is 3.52. The predicted molar refractivity (Wildman–Crippen MR) is 43.9 cm³/mol. The summed E-state index contributed by atoms with van der Waals surface area (Å²) in [6.45, 7) is 0.0387. The first-order chi connectivity index (χ1) is 6.26. The van der Waals surface area contributed by atoms with Crippen molar-refractivity contribution in [3.8, 4) is 0 Å². The SMILES string of the molecule is COC(=O)Cn1cc(NC=O)cn1. The van der Waals surface area contributed by atoms with Gasteiger partial charge < -0.3 is 10.1 Å². The molecular formula is C7H9N3O3. The van der Waals surface area contributed by atoms with Crippen molar-refractivity contribution in [1.82, 2.24) is 9.78 Å². The first kappa shape index (κ1) is 9.24. The van der Waals surface area contributed by atoms with Gasteiger partial charge in [0.2, 0.25) is 6.41 Å². The molecule has 0 bridgehead atoms. The molecule has 0 unspecified atom stereocenters. The largest absolute Gasteiger partial charge is 0.468 e. The summed E-state index contributed by atoms with van der Waals surface area (Å²) in [5.74, 6) is -0.388. The zero-order valence-corrected chi connectivity index (χ0v) is 7.06. The molecule has 6 heteroatoms. The van der Waals surface area contributed by atoms with Crippen molar-refractivity contribution in [2.45, 2.75) is 6.54 Å². The van der Waals surface area contributed by atoms with Crippen molar-refractivity contribution >= 4 is 18.1 Å². The second-order valence-electron chi connectivity index (χ2n) is 2.26. The molecule has 0 aliphatic rings. The lowest BCUT2D eigenvalue weighted by Gasteiger charge is -1.97. The van der Waals surface area contributed by atoms with Crippen LogP contribution < -0.4 is 5.32 Å². The highest BCUT2D eigenvalue weighted by Crippen LogP contribution is 2.02. The van der Waals surface area contributed by atoms with Crippen LogP contribution in [0.25, 0.3) is 0 Å². The minimum absolute atomic E-state index is 0.0387. The fourth-order valence-electron chi connectivity index (χ4n) is 0.789. The van der Waals surface area contributed by atoms with E-state index in [0.29, 0.717) is 12.1 Å². The number of carbonyl (C=O) groups excluding carboxylic acids is 2. The van der Waals surface area contributed by atoms with Gasteiger partial charge in [0.15, 0.2) is 0 Å². The summed E-state index contributed by atoms with van der Waals surface area (Å²) in [5.41, 5.74) is 0.541. The Morgan fingerprint density at radius 3 is 3.23 bits per heavy atom. The number of carbonyl (C=O) groups is 2. The molecule has 1 aromatic heterocycles. The van der Waals surface area contributed by atoms with Crippen LogP contribution in [-0.2, 0) is 20.9 Å². The Balaban J connectivity index is 2.58. The van der Waals surface area contributed by atoms with Gasteiger partial charge in [-0.1, -0.05) is 0 Å². The van der Waals surface area contributed by atoms with Crippen molar-refractivity contribution in [2.24, 2.45) is 0 Å². The molecule has 0 aliphatic carbocycles. The monoisotopic (exact) mass is 183 g/mol. The average molecular weight is 183 g/mol. The molecule has 0 aromatic carbocycles. The molecule has 1 rings (SSSR count). The van der Waals surface area contributed by atoms with Crippen LogP contribution in [0.5, 0.6) is 0 Å². The highest BCUT2D eigenvalue weighted by Gasteiger charge is 2.03. The lowest BCUT2D eigenvalue weighted by atomic mass is 10.6. The van der Waals surface area contributed by atoms with Crippen LogP contribution >= 0.6 is 0 Å².